The van der Waals surface area contributed by atoms with E-state index in [2.05, 4.69) is 4.98 Å². The minimum Gasteiger partial charge on any atom is -0.476 e. The fourth-order valence-corrected chi connectivity index (χ4v) is 1.58. The average Bonchev–Trinajstić information content (AvgIpc) is 2.42. The molecule has 112 valence electrons. The number of rotatable bonds is 4. The topological polar surface area (TPSA) is 57.4 Å². The summed E-state index contributed by atoms with van der Waals surface area (Å²) in [6, 6.07) is 7.39. The quantitative estimate of drug-likeness (QED) is 0.930. The Hall–Kier alpha value is -2.44. The number of nitrogens with zero attached hydrogens (tertiary/aromatic N) is 1. The van der Waals surface area contributed by atoms with E-state index in [1.54, 1.807) is 13.0 Å². The second kappa shape index (κ2) is 5.90. The van der Waals surface area contributed by atoms with Crippen molar-refractivity contribution in [3.63, 3.8) is 0 Å². The molecule has 0 saturated carbocycles. The highest BCUT2D eigenvalue weighted by atomic mass is 19.4. The second-order valence-electron chi connectivity index (χ2n) is 4.10. The molecule has 4 nitrogen and oxygen atoms in total. The number of nitrogen functional groups attached to an aromatic ring is 1. The number of pyridine rings is 1. The fraction of sp³-hybridized carbons (Fsp3) is 0.214. The van der Waals surface area contributed by atoms with Gasteiger partial charge in [-0.15, -0.1) is 0 Å². The maximum absolute atomic E-state index is 12.4. The van der Waals surface area contributed by atoms with Crippen LogP contribution in [0.3, 0.4) is 0 Å². The lowest BCUT2D eigenvalue weighted by molar-refractivity contribution is -0.137. The Balaban J connectivity index is 2.16. The zero-order chi connectivity index (χ0) is 15.5. The van der Waals surface area contributed by atoms with Crippen LogP contribution in [0.4, 0.5) is 18.9 Å². The van der Waals surface area contributed by atoms with Gasteiger partial charge in [0.05, 0.1) is 17.9 Å². The Morgan fingerprint density at radius 3 is 2.33 bits per heavy atom. The molecule has 0 atom stereocenters. The summed E-state index contributed by atoms with van der Waals surface area (Å²) < 4.78 is 47.9. The van der Waals surface area contributed by atoms with Crippen molar-refractivity contribution in [3.8, 4) is 17.5 Å². The smallest absolute Gasteiger partial charge is 0.416 e. The Kier molecular flexibility index (Phi) is 4.21. The molecule has 0 radical (unpaired) electrons. The largest absolute Gasteiger partial charge is 0.476 e. The van der Waals surface area contributed by atoms with Gasteiger partial charge in [-0.05, 0) is 37.3 Å². The molecule has 0 bridgehead atoms. The van der Waals surface area contributed by atoms with Gasteiger partial charge in [-0.25, -0.2) is 0 Å². The summed E-state index contributed by atoms with van der Waals surface area (Å²) in [5.41, 5.74) is 5.29. The Morgan fingerprint density at radius 1 is 1.10 bits per heavy atom. The van der Waals surface area contributed by atoms with Crippen LogP contribution in [0.25, 0.3) is 0 Å². The monoisotopic (exact) mass is 298 g/mol. The van der Waals surface area contributed by atoms with Crippen LogP contribution < -0.4 is 15.2 Å². The molecular weight excluding hydrogens is 285 g/mol. The molecule has 0 aliphatic rings. The summed E-state index contributed by atoms with van der Waals surface area (Å²) in [7, 11) is 0. The Bertz CT molecular complexity index is 613. The van der Waals surface area contributed by atoms with Crippen LogP contribution in [0.5, 0.6) is 17.5 Å². The van der Waals surface area contributed by atoms with Gasteiger partial charge in [-0.2, -0.15) is 18.2 Å². The molecule has 0 unspecified atom stereocenters. The summed E-state index contributed by atoms with van der Waals surface area (Å²) in [5, 5.41) is 0. The molecule has 2 rings (SSSR count). The number of hydrogen-bond acceptors (Lipinski definition) is 4. The lowest BCUT2D eigenvalue weighted by Crippen LogP contribution is -2.04. The molecule has 21 heavy (non-hydrogen) atoms. The van der Waals surface area contributed by atoms with Crippen molar-refractivity contribution in [2.75, 3.05) is 12.3 Å². The zero-order valence-corrected chi connectivity index (χ0v) is 11.1. The van der Waals surface area contributed by atoms with Crippen molar-refractivity contribution < 1.29 is 22.6 Å². The van der Waals surface area contributed by atoms with E-state index in [0.717, 1.165) is 12.1 Å². The third kappa shape index (κ3) is 3.77. The van der Waals surface area contributed by atoms with Crippen LogP contribution in [0.2, 0.25) is 0 Å². The average molecular weight is 298 g/mol. The molecule has 0 fully saturated rings. The summed E-state index contributed by atoms with van der Waals surface area (Å²) in [6.07, 6.45) is -4.37. The first kappa shape index (κ1) is 15.0. The molecular formula is C14H13F3N2O2. The van der Waals surface area contributed by atoms with E-state index in [0.29, 0.717) is 12.3 Å². The SMILES string of the molecule is CCOc1nc(Oc2ccc(C(F)(F)F)cc2)ccc1N. The molecule has 7 heteroatoms. The number of anilines is 1. The summed E-state index contributed by atoms with van der Waals surface area (Å²) in [6.45, 7) is 2.17. The minimum atomic E-state index is -4.37. The van der Waals surface area contributed by atoms with Crippen LogP contribution in [0.1, 0.15) is 12.5 Å². The highest BCUT2D eigenvalue weighted by Gasteiger charge is 2.30. The predicted molar refractivity (Wildman–Crippen MR) is 71.3 cm³/mol. The molecule has 0 spiro atoms. The van der Waals surface area contributed by atoms with Crippen LogP contribution in [0, 0.1) is 0 Å². The van der Waals surface area contributed by atoms with E-state index in [9.17, 15) is 13.2 Å². The molecule has 0 amide bonds. The van der Waals surface area contributed by atoms with E-state index in [1.807, 2.05) is 0 Å². The van der Waals surface area contributed by atoms with Crippen molar-refractivity contribution >= 4 is 5.69 Å². The maximum Gasteiger partial charge on any atom is 0.416 e. The molecule has 2 aromatic rings. The van der Waals surface area contributed by atoms with Crippen molar-refractivity contribution in [2.24, 2.45) is 0 Å². The normalized spacial score (nSPS) is 11.2. The summed E-state index contributed by atoms with van der Waals surface area (Å²) in [4.78, 5) is 4.04. The zero-order valence-electron chi connectivity index (χ0n) is 11.1. The number of hydrogen-bond donors (Lipinski definition) is 1. The second-order valence-corrected chi connectivity index (χ2v) is 4.10. The Labute approximate surface area is 119 Å². The number of benzene rings is 1. The first-order chi connectivity index (χ1) is 9.90. The van der Waals surface area contributed by atoms with Gasteiger partial charge in [-0.3, -0.25) is 0 Å². The van der Waals surface area contributed by atoms with Crippen molar-refractivity contribution in [1.29, 1.82) is 0 Å². The molecule has 2 N–H and O–H groups in total. The van der Waals surface area contributed by atoms with Gasteiger partial charge < -0.3 is 15.2 Å². The fourth-order valence-electron chi connectivity index (χ4n) is 1.58. The lowest BCUT2D eigenvalue weighted by atomic mass is 10.2. The van der Waals surface area contributed by atoms with Gasteiger partial charge in [0.15, 0.2) is 0 Å². The molecule has 0 aliphatic carbocycles. The number of nitrogens with two attached hydrogens (primary N) is 1. The van der Waals surface area contributed by atoms with Crippen LogP contribution >= 0.6 is 0 Å². The van der Waals surface area contributed by atoms with Gasteiger partial charge in [0.2, 0.25) is 11.8 Å². The highest BCUT2D eigenvalue weighted by molar-refractivity contribution is 5.49. The molecule has 0 aliphatic heterocycles. The van der Waals surface area contributed by atoms with Crippen molar-refractivity contribution in [3.05, 3.63) is 42.0 Å². The maximum atomic E-state index is 12.4. The molecule has 0 saturated heterocycles. The predicted octanol–water partition coefficient (Wildman–Crippen LogP) is 3.87. The van der Waals surface area contributed by atoms with E-state index in [1.165, 1.54) is 18.2 Å². The molecule has 1 aromatic heterocycles. The molecule has 1 aromatic carbocycles. The van der Waals surface area contributed by atoms with Gasteiger partial charge in [0.25, 0.3) is 0 Å². The number of halogens is 3. The van der Waals surface area contributed by atoms with Crippen LogP contribution in [-0.4, -0.2) is 11.6 Å². The van der Waals surface area contributed by atoms with Crippen molar-refractivity contribution in [1.82, 2.24) is 4.98 Å². The minimum absolute atomic E-state index is 0.187. The van der Waals surface area contributed by atoms with E-state index >= 15 is 0 Å². The van der Waals surface area contributed by atoms with Gasteiger partial charge in [0, 0.05) is 6.07 Å². The Morgan fingerprint density at radius 2 is 1.76 bits per heavy atom. The third-order valence-corrected chi connectivity index (χ3v) is 2.55. The number of ether oxygens (including phenoxy) is 2. The first-order valence-electron chi connectivity index (χ1n) is 6.14. The van der Waals surface area contributed by atoms with Gasteiger partial charge in [-0.1, -0.05) is 0 Å². The van der Waals surface area contributed by atoms with Crippen LogP contribution in [0.15, 0.2) is 36.4 Å². The van der Waals surface area contributed by atoms with E-state index in [-0.39, 0.29) is 17.5 Å². The van der Waals surface area contributed by atoms with E-state index < -0.39 is 11.7 Å². The number of aromatic nitrogens is 1. The summed E-state index contributed by atoms with van der Waals surface area (Å²) in [5.74, 6) is 0.650. The lowest BCUT2D eigenvalue weighted by Gasteiger charge is -2.10. The van der Waals surface area contributed by atoms with Crippen LogP contribution in [-0.2, 0) is 6.18 Å². The first-order valence-corrected chi connectivity index (χ1v) is 6.14. The van der Waals surface area contributed by atoms with Gasteiger partial charge >= 0.3 is 6.18 Å². The third-order valence-electron chi connectivity index (χ3n) is 2.55. The summed E-state index contributed by atoms with van der Waals surface area (Å²) >= 11 is 0. The standard InChI is InChI=1S/C14H13F3N2O2/c1-2-20-13-11(18)7-8-12(19-13)21-10-5-3-9(4-6-10)14(15,16)17/h3-8H,2,18H2,1H3. The van der Waals surface area contributed by atoms with Gasteiger partial charge in [0.1, 0.15) is 5.75 Å². The van der Waals surface area contributed by atoms with Crippen molar-refractivity contribution in [2.45, 2.75) is 13.1 Å². The van der Waals surface area contributed by atoms with E-state index in [4.69, 9.17) is 15.2 Å². The highest BCUT2D eigenvalue weighted by Crippen LogP contribution is 2.31. The molecule has 1 heterocycles. The number of alkyl halides is 3.